The lowest BCUT2D eigenvalue weighted by Gasteiger charge is -2.34. The van der Waals surface area contributed by atoms with Crippen molar-refractivity contribution in [2.75, 3.05) is 0 Å². The first-order valence-corrected chi connectivity index (χ1v) is 5.75. The molecule has 2 atom stereocenters. The molecule has 0 aromatic rings. The summed E-state index contributed by atoms with van der Waals surface area (Å²) in [5, 5.41) is 7.06. The van der Waals surface area contributed by atoms with E-state index < -0.39 is 0 Å². The van der Waals surface area contributed by atoms with E-state index in [0.29, 0.717) is 11.8 Å². The molecule has 0 spiro atoms. The number of hydrogen-bond acceptors (Lipinski definition) is 2. The van der Waals surface area contributed by atoms with Crippen LogP contribution in [0.25, 0.3) is 0 Å². The second-order valence-corrected chi connectivity index (χ2v) is 5.70. The Balaban J connectivity index is 2.94. The zero-order valence-corrected chi connectivity index (χ0v) is 10.9. The molecule has 2 N–H and O–H groups in total. The van der Waals surface area contributed by atoms with Gasteiger partial charge in [-0.05, 0) is 25.7 Å². The number of hydrogen-bond donors (Lipinski definition) is 2. The Hall–Kier alpha value is -0.150. The molecule has 1 aliphatic heterocycles. The molecule has 3 heteroatoms. The molecule has 0 aliphatic carbocycles. The van der Waals surface area contributed by atoms with Crippen LogP contribution in [0.3, 0.4) is 0 Å². The van der Waals surface area contributed by atoms with Crippen LogP contribution in [-0.2, 0) is 0 Å². The second kappa shape index (κ2) is 3.46. The second-order valence-electron chi connectivity index (χ2n) is 5.29. The number of rotatable bonds is 2. The van der Waals surface area contributed by atoms with Crippen molar-refractivity contribution in [3.8, 4) is 0 Å². The predicted octanol–water partition coefficient (Wildman–Crippen LogP) is 2.29. The monoisotopic (exact) mass is 214 g/mol. The van der Waals surface area contributed by atoms with E-state index in [0.717, 1.165) is 4.99 Å². The summed E-state index contributed by atoms with van der Waals surface area (Å²) in [5.41, 5.74) is -0.121. The molecule has 0 bridgehead atoms. The van der Waals surface area contributed by atoms with E-state index in [2.05, 4.69) is 52.2 Å². The molecule has 14 heavy (non-hydrogen) atoms. The van der Waals surface area contributed by atoms with Crippen LogP contribution in [0.1, 0.15) is 41.5 Å². The van der Waals surface area contributed by atoms with Crippen LogP contribution in [0.15, 0.2) is 0 Å². The van der Waals surface area contributed by atoms with Gasteiger partial charge in [0.25, 0.3) is 0 Å². The van der Waals surface area contributed by atoms with Crippen molar-refractivity contribution < 1.29 is 0 Å². The molecule has 0 aromatic heterocycles. The molecule has 2 unspecified atom stereocenters. The summed E-state index contributed by atoms with van der Waals surface area (Å²) in [7, 11) is 0. The van der Waals surface area contributed by atoms with Gasteiger partial charge in [-0.2, -0.15) is 0 Å². The molecule has 1 aliphatic rings. The van der Waals surface area contributed by atoms with E-state index in [1.54, 1.807) is 0 Å². The standard InChI is InChI=1S/C11H22N2S/c1-7(2)10(5)9(14)12-11(6,13-10)8(3)4/h7-8,13H,1-6H3,(H,12,14). The minimum atomic E-state index is -0.0612. The summed E-state index contributed by atoms with van der Waals surface area (Å²) < 4.78 is 0. The molecule has 0 saturated carbocycles. The molecule has 0 aromatic carbocycles. The highest BCUT2D eigenvalue weighted by atomic mass is 32.1. The molecule has 82 valence electrons. The molecule has 1 saturated heterocycles. The summed E-state index contributed by atoms with van der Waals surface area (Å²) in [4.78, 5) is 0.948. The van der Waals surface area contributed by atoms with E-state index in [4.69, 9.17) is 12.2 Å². The number of thiocarbonyl (C=S) groups is 1. The normalized spacial score (nSPS) is 38.1. The van der Waals surface area contributed by atoms with Crippen molar-refractivity contribution in [1.29, 1.82) is 0 Å². The average molecular weight is 214 g/mol. The van der Waals surface area contributed by atoms with Crippen LogP contribution in [0.2, 0.25) is 0 Å². The van der Waals surface area contributed by atoms with Crippen molar-refractivity contribution in [3.05, 3.63) is 0 Å². The van der Waals surface area contributed by atoms with Gasteiger partial charge < -0.3 is 5.32 Å². The Kier molecular flexibility index (Phi) is 2.94. The van der Waals surface area contributed by atoms with Gasteiger partial charge >= 0.3 is 0 Å². The maximum atomic E-state index is 5.42. The fourth-order valence-electron chi connectivity index (χ4n) is 1.69. The predicted molar refractivity (Wildman–Crippen MR) is 65.4 cm³/mol. The van der Waals surface area contributed by atoms with Crippen LogP contribution in [0, 0.1) is 11.8 Å². The zero-order valence-electron chi connectivity index (χ0n) is 10.1. The summed E-state index contributed by atoms with van der Waals surface area (Å²) in [6.45, 7) is 13.2. The van der Waals surface area contributed by atoms with Gasteiger partial charge in [-0.3, -0.25) is 5.32 Å². The van der Waals surface area contributed by atoms with Crippen molar-refractivity contribution in [2.45, 2.75) is 52.7 Å². The van der Waals surface area contributed by atoms with Gasteiger partial charge in [0, 0.05) is 0 Å². The fraction of sp³-hybridized carbons (Fsp3) is 0.909. The summed E-state index contributed by atoms with van der Waals surface area (Å²) >= 11 is 5.42. The highest BCUT2D eigenvalue weighted by molar-refractivity contribution is 7.80. The van der Waals surface area contributed by atoms with E-state index in [-0.39, 0.29) is 11.2 Å². The maximum absolute atomic E-state index is 5.42. The molecule has 1 rings (SSSR count). The van der Waals surface area contributed by atoms with Crippen LogP contribution in [-0.4, -0.2) is 16.2 Å². The van der Waals surface area contributed by atoms with Gasteiger partial charge in [0.1, 0.15) is 0 Å². The molecular weight excluding hydrogens is 192 g/mol. The molecule has 0 radical (unpaired) electrons. The van der Waals surface area contributed by atoms with Crippen LogP contribution >= 0.6 is 12.2 Å². The van der Waals surface area contributed by atoms with Gasteiger partial charge in [0.15, 0.2) is 0 Å². The van der Waals surface area contributed by atoms with Gasteiger partial charge in [-0.1, -0.05) is 39.9 Å². The van der Waals surface area contributed by atoms with E-state index >= 15 is 0 Å². The van der Waals surface area contributed by atoms with Gasteiger partial charge in [-0.25, -0.2) is 0 Å². The molecular formula is C11H22N2S. The lowest BCUT2D eigenvalue weighted by Crippen LogP contribution is -2.55. The van der Waals surface area contributed by atoms with Gasteiger partial charge in [0.05, 0.1) is 16.2 Å². The Morgan fingerprint density at radius 1 is 1.07 bits per heavy atom. The average Bonchev–Trinajstić information content (AvgIpc) is 2.25. The SMILES string of the molecule is CC(C)C1(C)NC(=S)C(C)(C(C)C)N1. The highest BCUT2D eigenvalue weighted by Gasteiger charge is 2.48. The van der Waals surface area contributed by atoms with E-state index in [1.165, 1.54) is 0 Å². The topological polar surface area (TPSA) is 24.1 Å². The Labute approximate surface area is 92.8 Å². The lowest BCUT2D eigenvalue weighted by atomic mass is 9.88. The highest BCUT2D eigenvalue weighted by Crippen LogP contribution is 2.30. The zero-order chi connectivity index (χ0) is 11.1. The third-order valence-electron chi connectivity index (χ3n) is 3.67. The first kappa shape index (κ1) is 11.9. The minimum Gasteiger partial charge on any atom is -0.360 e. The van der Waals surface area contributed by atoms with E-state index in [1.807, 2.05) is 0 Å². The first-order valence-electron chi connectivity index (χ1n) is 5.34. The summed E-state index contributed by atoms with van der Waals surface area (Å²) in [6.07, 6.45) is 0. The van der Waals surface area contributed by atoms with Gasteiger partial charge in [0.2, 0.25) is 0 Å². The number of nitrogens with one attached hydrogen (secondary N) is 2. The quantitative estimate of drug-likeness (QED) is 0.690. The van der Waals surface area contributed by atoms with Gasteiger partial charge in [-0.15, -0.1) is 0 Å². The minimum absolute atomic E-state index is 0.0594. The van der Waals surface area contributed by atoms with Crippen LogP contribution in [0.5, 0.6) is 0 Å². The van der Waals surface area contributed by atoms with E-state index in [9.17, 15) is 0 Å². The Morgan fingerprint density at radius 2 is 1.57 bits per heavy atom. The third kappa shape index (κ3) is 1.68. The summed E-state index contributed by atoms with van der Waals surface area (Å²) in [6, 6.07) is 0. The fourth-order valence-corrected chi connectivity index (χ4v) is 2.19. The molecule has 0 amide bonds. The third-order valence-corrected chi connectivity index (χ3v) is 4.20. The largest absolute Gasteiger partial charge is 0.360 e. The summed E-state index contributed by atoms with van der Waals surface area (Å²) in [5.74, 6) is 1.02. The van der Waals surface area contributed by atoms with Crippen molar-refractivity contribution in [1.82, 2.24) is 10.6 Å². The smallest absolute Gasteiger partial charge is 0.0972 e. The molecule has 1 fully saturated rings. The Bertz CT molecular complexity index is 250. The molecule has 2 nitrogen and oxygen atoms in total. The maximum Gasteiger partial charge on any atom is 0.0972 e. The van der Waals surface area contributed by atoms with Crippen LogP contribution < -0.4 is 10.6 Å². The van der Waals surface area contributed by atoms with Crippen molar-refractivity contribution in [2.24, 2.45) is 11.8 Å². The lowest BCUT2D eigenvalue weighted by molar-refractivity contribution is 0.214. The van der Waals surface area contributed by atoms with Crippen LogP contribution in [0.4, 0.5) is 0 Å². The van der Waals surface area contributed by atoms with Crippen molar-refractivity contribution in [3.63, 3.8) is 0 Å². The molecule has 1 heterocycles. The first-order chi connectivity index (χ1) is 6.22. The van der Waals surface area contributed by atoms with Crippen molar-refractivity contribution >= 4 is 17.2 Å². The Morgan fingerprint density at radius 3 is 1.79 bits per heavy atom.